The molecule has 0 saturated heterocycles. The fourth-order valence-corrected chi connectivity index (χ4v) is 11.7. The van der Waals surface area contributed by atoms with E-state index < -0.39 is 16.5 Å². The van der Waals surface area contributed by atoms with Crippen molar-refractivity contribution in [3.8, 4) is 0 Å². The van der Waals surface area contributed by atoms with Crippen LogP contribution in [0.4, 0.5) is 0 Å². The molecule has 0 aromatic carbocycles. The standard InChI is InChI=1S/C9H24NSi2.Li/c1-8-9-10(11(2,3)4)12(5,6)7;/h1,8-9H2,2-7H3;. The molecule has 0 amide bonds. The zero-order valence-electron chi connectivity index (χ0n) is 10.6. The van der Waals surface area contributed by atoms with Crippen LogP contribution >= 0.6 is 0 Å². The Morgan fingerprint density at radius 3 is 1.54 bits per heavy atom. The molecule has 0 unspecified atom stereocenters. The van der Waals surface area contributed by atoms with Gasteiger partial charge in [0.05, 0.1) is 0 Å². The molecule has 0 fully saturated rings. The molecule has 0 aliphatic rings. The molecule has 0 N–H and O–H groups in total. The average molecular weight is 209 g/mol. The minimum absolute atomic E-state index is 1.06. The van der Waals surface area contributed by atoms with Gasteiger partial charge in [-0.1, -0.05) is 0 Å². The average Bonchev–Trinajstić information content (AvgIpc) is 1.81. The first-order valence-electron chi connectivity index (χ1n) is 5.47. The Kier molecular flexibility index (Phi) is 5.57. The Bertz CT molecular complexity index is 135. The van der Waals surface area contributed by atoms with Crippen LogP contribution in [-0.2, 0) is 0 Å². The minimum atomic E-state index is -1.06. The van der Waals surface area contributed by atoms with E-state index in [0.29, 0.717) is 0 Å². The van der Waals surface area contributed by atoms with Gasteiger partial charge in [0, 0.05) is 0 Å². The van der Waals surface area contributed by atoms with E-state index in [1.165, 1.54) is 18.1 Å². The van der Waals surface area contributed by atoms with Gasteiger partial charge in [0.1, 0.15) is 0 Å². The van der Waals surface area contributed by atoms with E-state index in [1.54, 1.807) is 0 Å². The number of hydrogen-bond acceptors (Lipinski definition) is 1. The maximum absolute atomic E-state index is 2.86. The van der Waals surface area contributed by atoms with Gasteiger partial charge in [-0.25, -0.2) is 0 Å². The summed E-state index contributed by atoms with van der Waals surface area (Å²) in [7, 11) is -2.13. The van der Waals surface area contributed by atoms with Crippen molar-refractivity contribution in [1.82, 2.24) is 4.23 Å². The third-order valence-electron chi connectivity index (χ3n) is 2.35. The molecule has 0 aromatic heterocycles. The molecule has 0 rings (SSSR count). The van der Waals surface area contributed by atoms with Crippen LogP contribution < -0.4 is 0 Å². The molecule has 0 bridgehead atoms. The van der Waals surface area contributed by atoms with Crippen LogP contribution in [0, 0.1) is 0 Å². The molecule has 1 nitrogen and oxygen atoms in total. The van der Waals surface area contributed by atoms with E-state index >= 15 is 0 Å². The van der Waals surface area contributed by atoms with E-state index in [4.69, 9.17) is 0 Å². The Morgan fingerprint density at radius 2 is 1.31 bits per heavy atom. The molecule has 4 heteroatoms. The predicted molar refractivity (Wildman–Crippen MR) is 68.6 cm³/mol. The maximum atomic E-state index is 2.86. The first-order valence-corrected chi connectivity index (χ1v) is 12.4. The van der Waals surface area contributed by atoms with Crippen molar-refractivity contribution in [3.05, 3.63) is 0 Å². The molecular weight excluding hydrogens is 185 g/mol. The van der Waals surface area contributed by atoms with E-state index in [9.17, 15) is 0 Å². The predicted octanol–water partition coefficient (Wildman–Crippen LogP) is 2.94. The fraction of sp³-hybridized carbons (Fsp3) is 1.00. The molecule has 74 valence electrons. The van der Waals surface area contributed by atoms with Gasteiger partial charge in [-0.3, -0.25) is 0 Å². The zero-order valence-corrected chi connectivity index (χ0v) is 12.6. The van der Waals surface area contributed by atoms with Crippen LogP contribution in [0.5, 0.6) is 0 Å². The summed E-state index contributed by atoms with van der Waals surface area (Å²) in [5, 5.41) is 1.32. The van der Waals surface area contributed by atoms with Crippen molar-refractivity contribution < 1.29 is 0 Å². The first kappa shape index (κ1) is 14.0. The van der Waals surface area contributed by atoms with Gasteiger partial charge in [0.2, 0.25) is 0 Å². The second-order valence-electron chi connectivity index (χ2n) is 5.85. The van der Waals surface area contributed by atoms with E-state index in [-0.39, 0.29) is 0 Å². The summed E-state index contributed by atoms with van der Waals surface area (Å²) in [6.07, 6.45) is 1.37. The van der Waals surface area contributed by atoms with Gasteiger partial charge < -0.3 is 0 Å². The SMILES string of the molecule is [Li][CH2]CCN([Si](C)(C)C)[Si](C)(C)C. The van der Waals surface area contributed by atoms with Crippen LogP contribution in [0.15, 0.2) is 0 Å². The molecule has 0 aliphatic carbocycles. The Hall–Kier alpha value is 0.991. The van der Waals surface area contributed by atoms with Crippen molar-refractivity contribution in [2.24, 2.45) is 0 Å². The monoisotopic (exact) mass is 209 g/mol. The summed E-state index contributed by atoms with van der Waals surface area (Å²) in [6.45, 7) is 16.2. The number of rotatable bonds is 5. The van der Waals surface area contributed by atoms with Crippen LogP contribution in [-0.4, -0.2) is 45.0 Å². The topological polar surface area (TPSA) is 3.24 Å². The van der Waals surface area contributed by atoms with E-state index in [2.05, 4.69) is 61.2 Å². The van der Waals surface area contributed by atoms with Crippen LogP contribution in [0.2, 0.25) is 44.4 Å². The van der Waals surface area contributed by atoms with Gasteiger partial charge in [-0.15, -0.1) is 0 Å². The van der Waals surface area contributed by atoms with Crippen LogP contribution in [0.3, 0.4) is 0 Å². The second kappa shape index (κ2) is 5.18. The molecule has 0 aromatic rings. The van der Waals surface area contributed by atoms with E-state index in [1.807, 2.05) is 0 Å². The van der Waals surface area contributed by atoms with E-state index in [0.717, 1.165) is 0 Å². The quantitative estimate of drug-likeness (QED) is 0.629. The summed E-state index contributed by atoms with van der Waals surface area (Å²) in [5.74, 6) is 0. The Balaban J connectivity index is 4.39. The molecule has 0 heterocycles. The fourth-order valence-electron chi connectivity index (χ4n) is 1.99. The second-order valence-corrected chi connectivity index (χ2v) is 16.1. The Labute approximate surface area is 95.7 Å². The van der Waals surface area contributed by atoms with Crippen molar-refractivity contribution >= 4 is 34.2 Å². The molecular formula is C9H24LiNSi2. The molecule has 0 atom stereocenters. The molecule has 13 heavy (non-hydrogen) atoms. The summed E-state index contributed by atoms with van der Waals surface area (Å²) in [6, 6.07) is 0. The molecule has 0 radical (unpaired) electrons. The summed E-state index contributed by atoms with van der Waals surface area (Å²) >= 11 is 2.28. The summed E-state index contributed by atoms with van der Waals surface area (Å²) < 4.78 is 2.86. The van der Waals surface area contributed by atoms with Crippen LogP contribution in [0.1, 0.15) is 6.42 Å². The van der Waals surface area contributed by atoms with Crippen LogP contribution in [0.25, 0.3) is 0 Å². The van der Waals surface area contributed by atoms with Crippen molar-refractivity contribution in [2.45, 2.75) is 50.8 Å². The third-order valence-corrected chi connectivity index (χ3v) is 10.1. The van der Waals surface area contributed by atoms with Gasteiger partial charge in [0.25, 0.3) is 0 Å². The number of nitrogens with zero attached hydrogens (tertiary/aromatic N) is 1. The molecule has 0 saturated carbocycles. The summed E-state index contributed by atoms with van der Waals surface area (Å²) in [4.78, 5) is 0. The van der Waals surface area contributed by atoms with Gasteiger partial charge in [-0.05, 0) is 0 Å². The third kappa shape index (κ3) is 5.44. The normalized spacial score (nSPS) is 13.9. The first-order chi connectivity index (χ1) is 5.69. The zero-order chi connectivity index (χ0) is 10.7. The van der Waals surface area contributed by atoms with Gasteiger partial charge in [-0.2, -0.15) is 0 Å². The van der Waals surface area contributed by atoms with Crippen molar-refractivity contribution in [1.29, 1.82) is 0 Å². The van der Waals surface area contributed by atoms with Crippen molar-refractivity contribution in [3.63, 3.8) is 0 Å². The van der Waals surface area contributed by atoms with Gasteiger partial charge >= 0.3 is 95.8 Å². The van der Waals surface area contributed by atoms with Gasteiger partial charge in [0.15, 0.2) is 0 Å². The Morgan fingerprint density at radius 1 is 0.923 bits per heavy atom. The summed E-state index contributed by atoms with van der Waals surface area (Å²) in [5.41, 5.74) is 0. The molecule has 0 aliphatic heterocycles. The molecule has 0 spiro atoms. The van der Waals surface area contributed by atoms with Crippen molar-refractivity contribution in [2.75, 3.05) is 6.54 Å². The number of hydrogen-bond donors (Lipinski definition) is 0.